The van der Waals surface area contributed by atoms with Crippen LogP contribution in [0.25, 0.3) is 21.5 Å². The van der Waals surface area contributed by atoms with Gasteiger partial charge in [-0.2, -0.15) is 0 Å². The van der Waals surface area contributed by atoms with Gasteiger partial charge in [0.15, 0.2) is 6.10 Å². The van der Waals surface area contributed by atoms with Crippen molar-refractivity contribution < 1.29 is 14.3 Å². The maximum atomic E-state index is 12.8. The van der Waals surface area contributed by atoms with Crippen LogP contribution in [0, 0.1) is 5.92 Å². The van der Waals surface area contributed by atoms with Crippen LogP contribution in [-0.4, -0.2) is 11.8 Å². The van der Waals surface area contributed by atoms with E-state index in [-0.39, 0.29) is 5.78 Å². The molecule has 0 aromatic heterocycles. The largest absolute Gasteiger partial charge is 0.452 e. The van der Waals surface area contributed by atoms with Crippen molar-refractivity contribution in [3.63, 3.8) is 0 Å². The highest BCUT2D eigenvalue weighted by Gasteiger charge is 2.27. The Labute approximate surface area is 169 Å². The summed E-state index contributed by atoms with van der Waals surface area (Å²) in [6.07, 6.45) is -0.610. The van der Waals surface area contributed by atoms with Gasteiger partial charge in [-0.1, -0.05) is 84.9 Å². The summed E-state index contributed by atoms with van der Waals surface area (Å²) in [7, 11) is 0. The Kier molecular flexibility index (Phi) is 5.13. The smallest absolute Gasteiger partial charge is 0.317 e. The molecule has 29 heavy (non-hydrogen) atoms. The van der Waals surface area contributed by atoms with Crippen molar-refractivity contribution in [3.8, 4) is 0 Å². The predicted molar refractivity (Wildman–Crippen MR) is 116 cm³/mol. The molecule has 0 amide bonds. The maximum Gasteiger partial charge on any atom is 0.317 e. The van der Waals surface area contributed by atoms with E-state index in [0.717, 1.165) is 32.7 Å². The van der Waals surface area contributed by atoms with Gasteiger partial charge in [0.05, 0.1) is 0 Å². The third-order valence-electron chi connectivity index (χ3n) is 5.41. The highest BCUT2D eigenvalue weighted by Crippen LogP contribution is 2.36. The summed E-state index contributed by atoms with van der Waals surface area (Å²) in [5.74, 6) is -1.52. The average molecular weight is 382 g/mol. The molecule has 0 radical (unpaired) electrons. The monoisotopic (exact) mass is 382 g/mol. The second kappa shape index (κ2) is 7.88. The Morgan fingerprint density at radius 2 is 1.14 bits per heavy atom. The molecule has 0 fully saturated rings. The van der Waals surface area contributed by atoms with Crippen molar-refractivity contribution in [2.75, 3.05) is 0 Å². The van der Waals surface area contributed by atoms with Gasteiger partial charge in [0.1, 0.15) is 11.7 Å². The second-order valence-electron chi connectivity index (χ2n) is 7.29. The second-order valence-corrected chi connectivity index (χ2v) is 7.29. The Balaban J connectivity index is 1.92. The summed E-state index contributed by atoms with van der Waals surface area (Å²) in [5.41, 5.74) is 1.81. The van der Waals surface area contributed by atoms with E-state index in [1.807, 2.05) is 84.9 Å². The first-order valence-corrected chi connectivity index (χ1v) is 9.72. The van der Waals surface area contributed by atoms with Gasteiger partial charge in [-0.3, -0.25) is 9.59 Å². The fraction of sp³-hybridized carbons (Fsp3) is 0.154. The zero-order valence-electron chi connectivity index (χ0n) is 16.5. The zero-order valence-corrected chi connectivity index (χ0v) is 16.5. The average Bonchev–Trinajstić information content (AvgIpc) is 2.76. The van der Waals surface area contributed by atoms with Crippen molar-refractivity contribution in [3.05, 3.63) is 96.1 Å². The van der Waals surface area contributed by atoms with Crippen LogP contribution < -0.4 is 0 Å². The minimum atomic E-state index is -0.803. The summed E-state index contributed by atoms with van der Waals surface area (Å²) >= 11 is 0. The molecule has 1 unspecified atom stereocenters. The number of benzene rings is 4. The number of fused-ring (bicyclic) bond motifs is 2. The van der Waals surface area contributed by atoms with E-state index in [0.29, 0.717) is 0 Å². The summed E-state index contributed by atoms with van der Waals surface area (Å²) in [6.45, 7) is 3.00. The molecule has 4 aromatic rings. The van der Waals surface area contributed by atoms with Gasteiger partial charge in [0.2, 0.25) is 0 Å². The van der Waals surface area contributed by atoms with E-state index in [2.05, 4.69) is 0 Å². The number of rotatable bonds is 5. The van der Waals surface area contributed by atoms with Crippen LogP contribution in [0.4, 0.5) is 0 Å². The number of hydrogen-bond donors (Lipinski definition) is 0. The molecule has 4 rings (SSSR count). The summed E-state index contributed by atoms with van der Waals surface area (Å²) in [4.78, 5) is 24.5. The lowest BCUT2D eigenvalue weighted by molar-refractivity contribution is -0.154. The van der Waals surface area contributed by atoms with Gasteiger partial charge in [0, 0.05) is 11.1 Å². The van der Waals surface area contributed by atoms with Crippen LogP contribution in [0.2, 0.25) is 0 Å². The van der Waals surface area contributed by atoms with Gasteiger partial charge >= 0.3 is 5.97 Å². The molecule has 3 nitrogen and oxygen atoms in total. The molecule has 0 spiro atoms. The fourth-order valence-corrected chi connectivity index (χ4v) is 3.64. The molecule has 3 heteroatoms. The molecule has 0 N–H and O–H groups in total. The molecular formula is C26H22O3. The molecular weight excluding hydrogens is 360 g/mol. The third kappa shape index (κ3) is 3.64. The number of Topliss-reactive ketones (excluding diaryl/α,β-unsaturated/α-hetero) is 1. The van der Waals surface area contributed by atoms with Gasteiger partial charge in [-0.25, -0.2) is 0 Å². The molecule has 0 heterocycles. The quantitative estimate of drug-likeness (QED) is 0.321. The summed E-state index contributed by atoms with van der Waals surface area (Å²) in [5, 5.41) is 4.20. The van der Waals surface area contributed by atoms with Gasteiger partial charge in [0.25, 0.3) is 0 Å². The zero-order chi connectivity index (χ0) is 20.4. The van der Waals surface area contributed by atoms with Gasteiger partial charge < -0.3 is 4.74 Å². The number of hydrogen-bond acceptors (Lipinski definition) is 3. The predicted octanol–water partition coefficient (Wildman–Crippen LogP) is 5.85. The molecule has 1 atom stereocenters. The van der Waals surface area contributed by atoms with E-state index < -0.39 is 18.0 Å². The minimum absolute atomic E-state index is 0.204. The highest BCUT2D eigenvalue weighted by atomic mass is 16.5. The molecule has 0 aliphatic carbocycles. The maximum absolute atomic E-state index is 12.8. The van der Waals surface area contributed by atoms with Crippen molar-refractivity contribution in [2.24, 2.45) is 5.92 Å². The molecule has 0 aliphatic rings. The van der Waals surface area contributed by atoms with Gasteiger partial charge in [-0.15, -0.1) is 0 Å². The van der Waals surface area contributed by atoms with Crippen LogP contribution in [-0.2, 0) is 14.3 Å². The molecule has 0 saturated heterocycles. The van der Waals surface area contributed by atoms with E-state index in [4.69, 9.17) is 4.74 Å². The minimum Gasteiger partial charge on any atom is -0.452 e. The lowest BCUT2D eigenvalue weighted by atomic mass is 9.92. The normalized spacial score (nSPS) is 12.2. The summed E-state index contributed by atoms with van der Waals surface area (Å²) < 4.78 is 6.00. The molecule has 144 valence electrons. The van der Waals surface area contributed by atoms with E-state index in [1.54, 1.807) is 6.92 Å². The van der Waals surface area contributed by atoms with Crippen LogP contribution >= 0.6 is 0 Å². The Morgan fingerprint density at radius 3 is 1.62 bits per heavy atom. The number of esters is 1. The van der Waals surface area contributed by atoms with Crippen molar-refractivity contribution >= 4 is 33.3 Å². The number of carbonyl (C=O) groups is 2. The first-order chi connectivity index (χ1) is 14.1. The van der Waals surface area contributed by atoms with E-state index in [9.17, 15) is 9.59 Å². The Hall–Kier alpha value is -3.46. The first kappa shape index (κ1) is 18.9. The topological polar surface area (TPSA) is 43.4 Å². The van der Waals surface area contributed by atoms with Crippen molar-refractivity contribution in [1.82, 2.24) is 0 Å². The fourth-order valence-electron chi connectivity index (χ4n) is 3.64. The van der Waals surface area contributed by atoms with Crippen molar-refractivity contribution in [2.45, 2.75) is 20.0 Å². The summed E-state index contributed by atoms with van der Waals surface area (Å²) in [6, 6.07) is 28.1. The standard InChI is InChI=1S/C26H22O3/c1-17(18(2)27)26(28)29-25(23-15-7-11-19-9-3-5-13-21(19)23)24-16-8-12-20-10-4-6-14-22(20)24/h3-17,25H,1-2H3. The van der Waals surface area contributed by atoms with Crippen LogP contribution in [0.1, 0.15) is 31.1 Å². The number of carbonyl (C=O) groups excluding carboxylic acids is 2. The molecule has 4 aromatic carbocycles. The van der Waals surface area contributed by atoms with Crippen molar-refractivity contribution in [1.29, 1.82) is 0 Å². The number of ketones is 1. The SMILES string of the molecule is CC(=O)C(C)C(=O)OC(c1cccc2ccccc12)c1cccc2ccccc12. The lowest BCUT2D eigenvalue weighted by Crippen LogP contribution is -2.24. The Bertz CT molecular complexity index is 1120. The number of ether oxygens (including phenoxy) is 1. The third-order valence-corrected chi connectivity index (χ3v) is 5.41. The Morgan fingerprint density at radius 1 is 0.690 bits per heavy atom. The van der Waals surface area contributed by atoms with Gasteiger partial charge in [-0.05, 0) is 35.4 Å². The molecule has 0 bridgehead atoms. The van der Waals surface area contributed by atoms with Crippen LogP contribution in [0.3, 0.4) is 0 Å². The van der Waals surface area contributed by atoms with E-state index in [1.165, 1.54) is 6.92 Å². The van der Waals surface area contributed by atoms with Crippen LogP contribution in [0.5, 0.6) is 0 Å². The highest BCUT2D eigenvalue weighted by molar-refractivity contribution is 5.98. The molecule has 0 aliphatic heterocycles. The lowest BCUT2D eigenvalue weighted by Gasteiger charge is -2.23. The van der Waals surface area contributed by atoms with E-state index >= 15 is 0 Å². The molecule has 0 saturated carbocycles. The first-order valence-electron chi connectivity index (χ1n) is 9.72. The van der Waals surface area contributed by atoms with Crippen LogP contribution in [0.15, 0.2) is 84.9 Å².